The lowest BCUT2D eigenvalue weighted by molar-refractivity contribution is 0.415. The van der Waals surface area contributed by atoms with Gasteiger partial charge in [0, 0.05) is 10.9 Å². The molecule has 112 valence electrons. The largest absolute Gasteiger partial charge is 0.497 e. The molecule has 0 bridgehead atoms. The average Bonchev–Trinajstić information content (AvgIpc) is 2.47. The van der Waals surface area contributed by atoms with Crippen LogP contribution < -0.4 is 15.1 Å². The van der Waals surface area contributed by atoms with Crippen LogP contribution in [0, 0.1) is 0 Å². The average molecular weight is 315 g/mol. The summed E-state index contributed by atoms with van der Waals surface area (Å²) in [5, 5.41) is 6.11. The van der Waals surface area contributed by atoms with Gasteiger partial charge in [-0.2, -0.15) is 4.76 Å². The van der Waals surface area contributed by atoms with Gasteiger partial charge in [-0.3, -0.25) is 4.57 Å². The molecule has 2 N–H and O–H groups in total. The Balaban J connectivity index is 2.62. The summed E-state index contributed by atoms with van der Waals surface area (Å²) in [5.41, 5.74) is 0.866. The van der Waals surface area contributed by atoms with Crippen molar-refractivity contribution in [2.45, 2.75) is 25.5 Å². The minimum atomic E-state index is -2.78. The summed E-state index contributed by atoms with van der Waals surface area (Å²) < 4.78 is 21.7. The SMILES string of the molecule is CCC(C)SP(=O)(N=CNc1ccc(OC)cc1)NC. The summed E-state index contributed by atoms with van der Waals surface area (Å²) in [7, 11) is 3.29. The number of ether oxygens (including phenoxy) is 1. The van der Waals surface area contributed by atoms with Crippen molar-refractivity contribution in [3.8, 4) is 5.75 Å². The van der Waals surface area contributed by atoms with Gasteiger partial charge in [0.25, 0.3) is 0 Å². The summed E-state index contributed by atoms with van der Waals surface area (Å²) in [5.74, 6) is 0.792. The van der Waals surface area contributed by atoms with Gasteiger partial charge < -0.3 is 10.1 Å². The quantitative estimate of drug-likeness (QED) is 0.431. The first-order valence-corrected chi connectivity index (χ1v) is 9.59. The number of hydrogen-bond acceptors (Lipinski definition) is 3. The molecule has 0 aliphatic rings. The van der Waals surface area contributed by atoms with E-state index in [0.717, 1.165) is 17.9 Å². The van der Waals surface area contributed by atoms with Crippen LogP contribution in [-0.2, 0) is 4.57 Å². The van der Waals surface area contributed by atoms with Crippen LogP contribution in [0.2, 0.25) is 0 Å². The molecule has 20 heavy (non-hydrogen) atoms. The standard InChI is InChI=1S/C13H22N3O2PS/c1-5-11(2)20-19(17,14-3)16-10-15-12-6-8-13(18-4)9-7-12/h6-11H,5H2,1-4H3,(H2,14,15,16,17). The Labute approximate surface area is 124 Å². The molecule has 0 radical (unpaired) electrons. The molecule has 2 unspecified atom stereocenters. The first kappa shape index (κ1) is 17.1. The zero-order valence-electron chi connectivity index (χ0n) is 12.3. The monoisotopic (exact) mass is 315 g/mol. The highest BCUT2D eigenvalue weighted by atomic mass is 32.7. The van der Waals surface area contributed by atoms with Gasteiger partial charge >= 0.3 is 6.65 Å². The van der Waals surface area contributed by atoms with Gasteiger partial charge in [-0.15, -0.1) is 0 Å². The Bertz CT molecular complexity index is 479. The Morgan fingerprint density at radius 1 is 1.45 bits per heavy atom. The van der Waals surface area contributed by atoms with E-state index in [9.17, 15) is 4.57 Å². The number of hydrogen-bond donors (Lipinski definition) is 2. The summed E-state index contributed by atoms with van der Waals surface area (Å²) in [6.45, 7) is 1.33. The molecule has 0 aromatic heterocycles. The molecular formula is C13H22N3O2PS. The second kappa shape index (κ2) is 8.35. The van der Waals surface area contributed by atoms with Crippen molar-refractivity contribution in [3.63, 3.8) is 0 Å². The molecule has 0 aliphatic carbocycles. The Kier molecular flexibility index (Phi) is 7.13. The van der Waals surface area contributed by atoms with Gasteiger partial charge in [0.05, 0.1) is 13.4 Å². The lowest BCUT2D eigenvalue weighted by atomic mass is 10.3. The fourth-order valence-corrected chi connectivity index (χ4v) is 4.98. The zero-order chi connectivity index (χ0) is 15.0. The van der Waals surface area contributed by atoms with Crippen molar-refractivity contribution in [2.75, 3.05) is 19.5 Å². The second-order valence-corrected chi connectivity index (χ2v) is 9.04. The fourth-order valence-electron chi connectivity index (χ4n) is 1.32. The number of nitrogens with one attached hydrogen (secondary N) is 2. The zero-order valence-corrected chi connectivity index (χ0v) is 14.0. The van der Waals surface area contributed by atoms with Gasteiger partial charge in [-0.05, 0) is 37.7 Å². The van der Waals surface area contributed by atoms with E-state index in [1.807, 2.05) is 31.2 Å². The van der Waals surface area contributed by atoms with Crippen molar-refractivity contribution in [3.05, 3.63) is 24.3 Å². The molecule has 1 rings (SSSR count). The van der Waals surface area contributed by atoms with Gasteiger partial charge in [-0.25, -0.2) is 5.09 Å². The Hall–Kier alpha value is -0.970. The lowest BCUT2D eigenvalue weighted by Crippen LogP contribution is -2.04. The molecule has 2 atom stereocenters. The van der Waals surface area contributed by atoms with Crippen LogP contribution in [-0.4, -0.2) is 25.7 Å². The van der Waals surface area contributed by atoms with Crippen LogP contribution in [0.3, 0.4) is 0 Å². The minimum Gasteiger partial charge on any atom is -0.497 e. The van der Waals surface area contributed by atoms with Crippen molar-refractivity contribution in [1.29, 1.82) is 0 Å². The molecule has 0 heterocycles. The summed E-state index contributed by atoms with van der Waals surface area (Å²) in [6, 6.07) is 7.44. The third-order valence-electron chi connectivity index (χ3n) is 2.71. The number of anilines is 1. The summed E-state index contributed by atoms with van der Waals surface area (Å²) in [6.07, 6.45) is 2.44. The van der Waals surface area contributed by atoms with Crippen LogP contribution in [0.4, 0.5) is 5.69 Å². The van der Waals surface area contributed by atoms with Crippen LogP contribution in [0.15, 0.2) is 29.0 Å². The first-order chi connectivity index (χ1) is 9.53. The van der Waals surface area contributed by atoms with E-state index in [1.165, 1.54) is 17.7 Å². The van der Waals surface area contributed by atoms with E-state index in [2.05, 4.69) is 22.1 Å². The molecule has 0 amide bonds. The number of rotatable bonds is 8. The third kappa shape index (κ3) is 5.57. The van der Waals surface area contributed by atoms with Crippen LogP contribution in [0.1, 0.15) is 20.3 Å². The molecule has 7 heteroatoms. The maximum atomic E-state index is 12.4. The molecule has 0 saturated carbocycles. The second-order valence-electron chi connectivity index (χ2n) is 4.19. The highest BCUT2D eigenvalue weighted by Crippen LogP contribution is 2.57. The van der Waals surface area contributed by atoms with Gasteiger partial charge in [0.1, 0.15) is 5.75 Å². The van der Waals surface area contributed by atoms with Gasteiger partial charge in [0.2, 0.25) is 0 Å². The molecule has 0 spiro atoms. The van der Waals surface area contributed by atoms with Crippen molar-refractivity contribution >= 4 is 30.1 Å². The van der Waals surface area contributed by atoms with Crippen molar-refractivity contribution in [2.24, 2.45) is 4.76 Å². The fraction of sp³-hybridized carbons (Fsp3) is 0.462. The highest BCUT2D eigenvalue weighted by molar-refractivity contribution is 8.57. The summed E-state index contributed by atoms with van der Waals surface area (Å²) in [4.78, 5) is 0. The maximum absolute atomic E-state index is 12.4. The van der Waals surface area contributed by atoms with Gasteiger partial charge in [-0.1, -0.05) is 25.2 Å². The molecule has 1 aromatic carbocycles. The maximum Gasteiger partial charge on any atom is 0.312 e. The third-order valence-corrected chi connectivity index (χ3v) is 7.44. The molecule has 0 fully saturated rings. The van der Waals surface area contributed by atoms with Crippen molar-refractivity contribution in [1.82, 2.24) is 5.09 Å². The number of nitrogens with zero attached hydrogens (tertiary/aromatic N) is 1. The number of benzene rings is 1. The molecular weight excluding hydrogens is 293 g/mol. The predicted octanol–water partition coefficient (Wildman–Crippen LogP) is 3.99. The van der Waals surface area contributed by atoms with Crippen molar-refractivity contribution < 1.29 is 9.30 Å². The molecule has 1 aromatic rings. The molecule has 0 saturated heterocycles. The normalized spacial score (nSPS) is 15.8. The van der Waals surface area contributed by atoms with E-state index in [1.54, 1.807) is 14.2 Å². The topological polar surface area (TPSA) is 62.7 Å². The smallest absolute Gasteiger partial charge is 0.312 e. The van der Waals surface area contributed by atoms with Gasteiger partial charge in [0.15, 0.2) is 0 Å². The highest BCUT2D eigenvalue weighted by Gasteiger charge is 2.21. The number of methoxy groups -OCH3 is 1. The summed E-state index contributed by atoms with van der Waals surface area (Å²) >= 11 is 1.37. The Morgan fingerprint density at radius 3 is 2.60 bits per heavy atom. The minimum absolute atomic E-state index is 0.298. The van der Waals surface area contributed by atoms with Crippen LogP contribution in [0.25, 0.3) is 0 Å². The van der Waals surface area contributed by atoms with E-state index in [4.69, 9.17) is 4.74 Å². The lowest BCUT2D eigenvalue weighted by Gasteiger charge is -2.15. The molecule has 5 nitrogen and oxygen atoms in total. The van der Waals surface area contributed by atoms with Crippen LogP contribution in [0.5, 0.6) is 5.75 Å². The van der Waals surface area contributed by atoms with E-state index >= 15 is 0 Å². The van der Waals surface area contributed by atoms with E-state index in [0.29, 0.717) is 5.25 Å². The van der Waals surface area contributed by atoms with Crippen LogP contribution >= 0.6 is 18.0 Å². The first-order valence-electron chi connectivity index (χ1n) is 6.45. The predicted molar refractivity (Wildman–Crippen MR) is 89.1 cm³/mol. The molecule has 0 aliphatic heterocycles. The Morgan fingerprint density at radius 2 is 2.10 bits per heavy atom. The van der Waals surface area contributed by atoms with E-state index < -0.39 is 6.65 Å². The van der Waals surface area contributed by atoms with E-state index in [-0.39, 0.29) is 0 Å².